The van der Waals surface area contributed by atoms with Gasteiger partial charge < -0.3 is 24.8 Å². The molecule has 0 spiro atoms. The van der Waals surface area contributed by atoms with E-state index in [0.29, 0.717) is 18.6 Å². The number of halogens is 1. The summed E-state index contributed by atoms with van der Waals surface area (Å²) in [5.41, 5.74) is 1.07. The number of rotatable bonds is 11. The van der Waals surface area contributed by atoms with E-state index in [9.17, 15) is 0 Å². The van der Waals surface area contributed by atoms with Crippen LogP contribution in [0, 0.1) is 5.92 Å². The van der Waals surface area contributed by atoms with Crippen LogP contribution in [0.1, 0.15) is 57.4 Å². The quantitative estimate of drug-likeness (QED) is 0.190. The summed E-state index contributed by atoms with van der Waals surface area (Å²) in [5, 5.41) is 6.68. The Hall–Kier alpha value is -1.13. The minimum absolute atomic E-state index is 0. The second-order valence-electron chi connectivity index (χ2n) is 8.14. The van der Waals surface area contributed by atoms with Crippen LogP contribution in [0.3, 0.4) is 0 Å². The molecule has 0 unspecified atom stereocenters. The van der Waals surface area contributed by atoms with E-state index in [4.69, 9.17) is 14.2 Å². The third kappa shape index (κ3) is 10.4. The number of pyridine rings is 1. The molecule has 1 saturated carbocycles. The lowest BCUT2D eigenvalue weighted by atomic mass is 10.0. The van der Waals surface area contributed by atoms with E-state index >= 15 is 0 Å². The van der Waals surface area contributed by atoms with Gasteiger partial charge in [-0.15, -0.1) is 24.0 Å². The molecule has 0 bridgehead atoms. The topological polar surface area (TPSA) is 77.0 Å². The van der Waals surface area contributed by atoms with Crippen LogP contribution in [0.4, 0.5) is 0 Å². The first-order chi connectivity index (χ1) is 14.8. The van der Waals surface area contributed by atoms with Crippen LogP contribution in [-0.2, 0) is 16.0 Å². The first-order valence-corrected chi connectivity index (χ1v) is 11.6. The van der Waals surface area contributed by atoms with Crippen LogP contribution in [0.25, 0.3) is 0 Å². The Morgan fingerprint density at radius 1 is 1.16 bits per heavy atom. The van der Waals surface area contributed by atoms with E-state index in [2.05, 4.69) is 33.6 Å². The molecule has 1 saturated heterocycles. The van der Waals surface area contributed by atoms with E-state index in [1.165, 1.54) is 12.8 Å². The smallest absolute Gasteiger partial charge is 0.213 e. The van der Waals surface area contributed by atoms with Gasteiger partial charge in [-0.3, -0.25) is 0 Å². The highest BCUT2D eigenvalue weighted by atomic mass is 127. The largest absolute Gasteiger partial charge is 0.474 e. The van der Waals surface area contributed by atoms with Crippen LogP contribution in [0.2, 0.25) is 0 Å². The van der Waals surface area contributed by atoms with Gasteiger partial charge in [-0.1, -0.05) is 6.07 Å². The SMILES string of the molecule is CCNC(=NCc1ccc(OC2CCCC2)nc1)NCCCOCC1CCOCC1.I. The minimum Gasteiger partial charge on any atom is -0.474 e. The van der Waals surface area contributed by atoms with Crippen molar-refractivity contribution in [3.8, 4) is 5.88 Å². The number of aromatic nitrogens is 1. The average molecular weight is 546 g/mol. The molecule has 7 nitrogen and oxygen atoms in total. The number of guanidine groups is 1. The Kier molecular flexibility index (Phi) is 13.2. The lowest BCUT2D eigenvalue weighted by Crippen LogP contribution is -2.38. The van der Waals surface area contributed by atoms with E-state index in [1.807, 2.05) is 12.3 Å². The van der Waals surface area contributed by atoms with Crippen LogP contribution in [0.5, 0.6) is 5.88 Å². The maximum absolute atomic E-state index is 5.93. The third-order valence-electron chi connectivity index (χ3n) is 5.60. The molecule has 3 rings (SSSR count). The summed E-state index contributed by atoms with van der Waals surface area (Å²) in [5.74, 6) is 2.21. The molecule has 2 aliphatic rings. The molecule has 31 heavy (non-hydrogen) atoms. The molecular formula is C23H39IN4O3. The van der Waals surface area contributed by atoms with Gasteiger partial charge in [-0.05, 0) is 63.4 Å². The van der Waals surface area contributed by atoms with Gasteiger partial charge in [0.05, 0.1) is 6.54 Å². The summed E-state index contributed by atoms with van der Waals surface area (Å²) in [6.45, 7) is 7.72. The standard InChI is InChI=1S/C23H38N4O3.HI/c1-2-24-23(25-12-5-13-29-18-19-10-14-28-15-11-19)27-17-20-8-9-22(26-16-20)30-21-6-3-4-7-21;/h8-9,16,19,21H,2-7,10-15,17-18H2,1H3,(H2,24,25,27);1H. The summed E-state index contributed by atoms with van der Waals surface area (Å²) in [6, 6.07) is 4.01. The lowest BCUT2D eigenvalue weighted by Gasteiger charge is -2.21. The zero-order chi connectivity index (χ0) is 20.9. The fourth-order valence-electron chi connectivity index (χ4n) is 3.81. The molecular weight excluding hydrogens is 507 g/mol. The second kappa shape index (κ2) is 15.6. The molecule has 0 aromatic carbocycles. The molecule has 0 radical (unpaired) electrons. The maximum atomic E-state index is 5.93. The van der Waals surface area contributed by atoms with Crippen molar-refractivity contribution in [2.75, 3.05) is 39.5 Å². The Morgan fingerprint density at radius 3 is 2.68 bits per heavy atom. The van der Waals surface area contributed by atoms with Crippen LogP contribution >= 0.6 is 24.0 Å². The van der Waals surface area contributed by atoms with E-state index in [0.717, 1.165) is 89.0 Å². The number of aliphatic imine (C=N–C) groups is 1. The molecule has 8 heteroatoms. The first-order valence-electron chi connectivity index (χ1n) is 11.6. The van der Waals surface area contributed by atoms with Crippen LogP contribution < -0.4 is 15.4 Å². The molecule has 2 N–H and O–H groups in total. The van der Waals surface area contributed by atoms with Crippen LogP contribution in [-0.4, -0.2) is 56.6 Å². The molecule has 1 aliphatic carbocycles. The number of nitrogens with one attached hydrogen (secondary N) is 2. The number of ether oxygens (including phenoxy) is 3. The van der Waals surface area contributed by atoms with Crippen molar-refractivity contribution in [2.45, 2.75) is 64.5 Å². The zero-order valence-electron chi connectivity index (χ0n) is 18.8. The van der Waals surface area contributed by atoms with E-state index in [-0.39, 0.29) is 24.0 Å². The van der Waals surface area contributed by atoms with Crippen molar-refractivity contribution in [3.63, 3.8) is 0 Å². The summed E-state index contributed by atoms with van der Waals surface area (Å²) in [4.78, 5) is 9.11. The summed E-state index contributed by atoms with van der Waals surface area (Å²) >= 11 is 0. The van der Waals surface area contributed by atoms with Crippen LogP contribution in [0.15, 0.2) is 23.3 Å². The van der Waals surface area contributed by atoms with Gasteiger partial charge in [0, 0.05) is 51.8 Å². The molecule has 1 aromatic rings. The molecule has 0 atom stereocenters. The maximum Gasteiger partial charge on any atom is 0.213 e. The Labute approximate surface area is 204 Å². The molecule has 2 heterocycles. The molecule has 0 amide bonds. The van der Waals surface area contributed by atoms with Crippen molar-refractivity contribution in [3.05, 3.63) is 23.9 Å². The molecule has 176 valence electrons. The van der Waals surface area contributed by atoms with E-state index < -0.39 is 0 Å². The number of hydrogen-bond donors (Lipinski definition) is 2. The Bertz CT molecular complexity index is 618. The number of nitrogens with zero attached hydrogens (tertiary/aromatic N) is 2. The molecule has 1 aliphatic heterocycles. The fourth-order valence-corrected chi connectivity index (χ4v) is 3.81. The lowest BCUT2D eigenvalue weighted by molar-refractivity contribution is 0.0203. The monoisotopic (exact) mass is 546 g/mol. The normalized spacial score (nSPS) is 17.9. The van der Waals surface area contributed by atoms with Crippen molar-refractivity contribution in [2.24, 2.45) is 10.9 Å². The Morgan fingerprint density at radius 2 is 1.97 bits per heavy atom. The average Bonchev–Trinajstić information content (AvgIpc) is 3.29. The van der Waals surface area contributed by atoms with Gasteiger partial charge in [-0.25, -0.2) is 9.98 Å². The first kappa shape index (κ1) is 26.1. The predicted molar refractivity (Wildman–Crippen MR) is 134 cm³/mol. The molecule has 1 aromatic heterocycles. The summed E-state index contributed by atoms with van der Waals surface area (Å²) in [7, 11) is 0. The summed E-state index contributed by atoms with van der Waals surface area (Å²) < 4.78 is 17.1. The van der Waals surface area contributed by atoms with Gasteiger partial charge >= 0.3 is 0 Å². The van der Waals surface area contributed by atoms with E-state index in [1.54, 1.807) is 0 Å². The van der Waals surface area contributed by atoms with Crippen molar-refractivity contribution in [1.82, 2.24) is 15.6 Å². The second-order valence-corrected chi connectivity index (χ2v) is 8.14. The van der Waals surface area contributed by atoms with Gasteiger partial charge in [0.15, 0.2) is 5.96 Å². The Balaban J connectivity index is 0.00000341. The highest BCUT2D eigenvalue weighted by Crippen LogP contribution is 2.23. The summed E-state index contributed by atoms with van der Waals surface area (Å²) in [6.07, 6.45) is 10.2. The minimum atomic E-state index is 0. The van der Waals surface area contributed by atoms with Crippen molar-refractivity contribution in [1.29, 1.82) is 0 Å². The highest BCUT2D eigenvalue weighted by Gasteiger charge is 2.16. The van der Waals surface area contributed by atoms with Gasteiger partial charge in [-0.2, -0.15) is 0 Å². The van der Waals surface area contributed by atoms with Crippen molar-refractivity contribution < 1.29 is 14.2 Å². The molecule has 2 fully saturated rings. The highest BCUT2D eigenvalue weighted by molar-refractivity contribution is 14.0. The van der Waals surface area contributed by atoms with Gasteiger partial charge in [0.1, 0.15) is 6.10 Å². The predicted octanol–water partition coefficient (Wildman–Crippen LogP) is 3.91. The third-order valence-corrected chi connectivity index (χ3v) is 5.60. The zero-order valence-corrected chi connectivity index (χ0v) is 21.1. The van der Waals surface area contributed by atoms with Gasteiger partial charge in [0.2, 0.25) is 5.88 Å². The number of hydrogen-bond acceptors (Lipinski definition) is 5. The fraction of sp³-hybridized carbons (Fsp3) is 0.739. The van der Waals surface area contributed by atoms with Gasteiger partial charge in [0.25, 0.3) is 0 Å². The van der Waals surface area contributed by atoms with Crippen molar-refractivity contribution >= 4 is 29.9 Å².